The van der Waals surface area contributed by atoms with Crippen molar-refractivity contribution in [3.63, 3.8) is 0 Å². The molecule has 1 atom stereocenters. The van der Waals surface area contributed by atoms with Crippen molar-refractivity contribution >= 4 is 29.2 Å². The van der Waals surface area contributed by atoms with Gasteiger partial charge in [-0.3, -0.25) is 15.0 Å². The molecule has 6 nitrogen and oxygen atoms in total. The van der Waals surface area contributed by atoms with Crippen molar-refractivity contribution in [3.8, 4) is 0 Å². The molecule has 0 aromatic heterocycles. The summed E-state index contributed by atoms with van der Waals surface area (Å²) < 4.78 is 0. The molecule has 1 aromatic carbocycles. The van der Waals surface area contributed by atoms with Gasteiger partial charge in [-0.05, 0) is 38.5 Å². The highest BCUT2D eigenvalue weighted by molar-refractivity contribution is 6.30. The van der Waals surface area contributed by atoms with Crippen LogP contribution in [0.5, 0.6) is 0 Å². The first-order chi connectivity index (χ1) is 11.4. The molecule has 0 radical (unpaired) electrons. The number of nitrogens with one attached hydrogen (secondary N) is 2. The van der Waals surface area contributed by atoms with Crippen LogP contribution in [0.4, 0.5) is 10.5 Å². The molecular weight excluding hydrogens is 328 g/mol. The number of aryl methyl sites for hydroxylation is 1. The van der Waals surface area contributed by atoms with E-state index in [0.717, 1.165) is 36.9 Å². The van der Waals surface area contributed by atoms with Gasteiger partial charge in [0, 0.05) is 43.4 Å². The number of halogens is 1. The second-order valence-electron chi connectivity index (χ2n) is 5.98. The summed E-state index contributed by atoms with van der Waals surface area (Å²) in [5.41, 5.74) is 2.33. The Hall–Kier alpha value is -1.79. The lowest BCUT2D eigenvalue weighted by Gasteiger charge is -2.39. The lowest BCUT2D eigenvalue weighted by molar-refractivity contribution is -0.124. The number of anilines is 1. The average molecular weight is 353 g/mol. The van der Waals surface area contributed by atoms with Crippen molar-refractivity contribution in [2.45, 2.75) is 26.8 Å². The third kappa shape index (κ3) is 4.61. The molecule has 0 saturated carbocycles. The molecule has 132 valence electrons. The van der Waals surface area contributed by atoms with Crippen LogP contribution in [0.2, 0.25) is 5.02 Å². The van der Waals surface area contributed by atoms with Crippen LogP contribution < -0.4 is 15.5 Å². The Balaban J connectivity index is 1.91. The number of imide groups is 1. The molecule has 1 aliphatic rings. The summed E-state index contributed by atoms with van der Waals surface area (Å²) in [6.07, 6.45) is 0. The molecule has 7 heteroatoms. The standard InChI is InChI=1S/C17H25ClN4O2/c1-4-19-17(24)20-16(23)13(3)21-7-9-22(10-8-21)15-11-14(18)6-5-12(15)2/h5-6,11,13H,4,7-10H2,1-3H3,(H2,19,20,23,24)/t13-/m1/s1. The maximum absolute atomic E-state index is 12.1. The minimum atomic E-state index is -0.442. The van der Waals surface area contributed by atoms with Crippen molar-refractivity contribution in [1.29, 1.82) is 0 Å². The van der Waals surface area contributed by atoms with E-state index in [0.29, 0.717) is 6.54 Å². The number of rotatable bonds is 4. The Labute approximate surface area is 148 Å². The van der Waals surface area contributed by atoms with Crippen LogP contribution in [0.25, 0.3) is 0 Å². The first kappa shape index (κ1) is 18.5. The maximum Gasteiger partial charge on any atom is 0.321 e. The van der Waals surface area contributed by atoms with Crippen LogP contribution >= 0.6 is 11.6 Å². The quantitative estimate of drug-likeness (QED) is 0.870. The Kier molecular flexibility index (Phi) is 6.45. The zero-order chi connectivity index (χ0) is 17.7. The van der Waals surface area contributed by atoms with Crippen LogP contribution in [0.1, 0.15) is 19.4 Å². The van der Waals surface area contributed by atoms with Crippen LogP contribution in [-0.2, 0) is 4.79 Å². The van der Waals surface area contributed by atoms with Gasteiger partial charge < -0.3 is 10.2 Å². The van der Waals surface area contributed by atoms with Gasteiger partial charge in [-0.15, -0.1) is 0 Å². The van der Waals surface area contributed by atoms with Gasteiger partial charge in [-0.1, -0.05) is 17.7 Å². The number of urea groups is 1. The van der Waals surface area contributed by atoms with Crippen molar-refractivity contribution in [2.75, 3.05) is 37.6 Å². The fourth-order valence-corrected chi connectivity index (χ4v) is 3.03. The van der Waals surface area contributed by atoms with Crippen molar-refractivity contribution < 1.29 is 9.59 Å². The van der Waals surface area contributed by atoms with E-state index >= 15 is 0 Å². The van der Waals surface area contributed by atoms with Gasteiger partial charge in [0.05, 0.1) is 6.04 Å². The van der Waals surface area contributed by atoms with E-state index in [1.54, 1.807) is 0 Å². The molecule has 1 aliphatic heterocycles. The molecule has 3 amide bonds. The van der Waals surface area contributed by atoms with Crippen molar-refractivity contribution in [1.82, 2.24) is 15.5 Å². The summed E-state index contributed by atoms with van der Waals surface area (Å²) in [4.78, 5) is 28.0. The van der Waals surface area contributed by atoms with Crippen LogP contribution in [0.3, 0.4) is 0 Å². The van der Waals surface area contributed by atoms with E-state index in [9.17, 15) is 9.59 Å². The number of hydrogen-bond donors (Lipinski definition) is 2. The molecular formula is C17H25ClN4O2. The number of benzene rings is 1. The molecule has 0 aliphatic carbocycles. The second kappa shape index (κ2) is 8.35. The third-order valence-corrected chi connectivity index (χ3v) is 4.56. The van der Waals surface area contributed by atoms with Crippen LogP contribution in [0, 0.1) is 6.92 Å². The normalized spacial score (nSPS) is 16.6. The fourth-order valence-electron chi connectivity index (χ4n) is 2.86. The molecule has 2 rings (SSSR count). The topological polar surface area (TPSA) is 64.7 Å². The number of amides is 3. The molecule has 0 spiro atoms. The van der Waals surface area contributed by atoms with E-state index in [2.05, 4.69) is 27.4 Å². The summed E-state index contributed by atoms with van der Waals surface area (Å²) in [6.45, 7) is 9.36. The highest BCUT2D eigenvalue weighted by Crippen LogP contribution is 2.25. The molecule has 1 fully saturated rings. The number of hydrogen-bond acceptors (Lipinski definition) is 4. The van der Waals surface area contributed by atoms with Gasteiger partial charge in [-0.2, -0.15) is 0 Å². The summed E-state index contributed by atoms with van der Waals surface area (Å²) in [5, 5.41) is 5.67. The summed E-state index contributed by atoms with van der Waals surface area (Å²) in [6, 6.07) is 5.12. The number of carbonyl (C=O) groups excluding carboxylic acids is 2. The predicted octanol–water partition coefficient (Wildman–Crippen LogP) is 2.00. The average Bonchev–Trinajstić information content (AvgIpc) is 2.56. The number of piperazine rings is 1. The molecule has 0 bridgehead atoms. The van der Waals surface area contributed by atoms with Gasteiger partial charge in [0.2, 0.25) is 5.91 Å². The van der Waals surface area contributed by atoms with Crippen LogP contribution in [0.15, 0.2) is 18.2 Å². The largest absolute Gasteiger partial charge is 0.369 e. The van der Waals surface area contributed by atoms with E-state index in [4.69, 9.17) is 11.6 Å². The lowest BCUT2D eigenvalue weighted by Crippen LogP contribution is -2.55. The monoisotopic (exact) mass is 352 g/mol. The zero-order valence-corrected chi connectivity index (χ0v) is 15.2. The predicted molar refractivity (Wildman–Crippen MR) is 96.7 cm³/mol. The minimum absolute atomic E-state index is 0.270. The summed E-state index contributed by atoms with van der Waals surface area (Å²) >= 11 is 6.10. The number of nitrogens with zero attached hydrogens (tertiary/aromatic N) is 2. The van der Waals surface area contributed by atoms with E-state index in [1.807, 2.05) is 32.0 Å². The second-order valence-corrected chi connectivity index (χ2v) is 6.41. The number of carbonyl (C=O) groups is 2. The molecule has 0 unspecified atom stereocenters. The lowest BCUT2D eigenvalue weighted by atomic mass is 10.1. The van der Waals surface area contributed by atoms with Crippen LogP contribution in [-0.4, -0.2) is 55.6 Å². The first-order valence-electron chi connectivity index (χ1n) is 8.26. The van der Waals surface area contributed by atoms with E-state index < -0.39 is 6.03 Å². The summed E-state index contributed by atoms with van der Waals surface area (Å²) in [5.74, 6) is -0.270. The van der Waals surface area contributed by atoms with Crippen molar-refractivity contribution in [2.24, 2.45) is 0 Å². The smallest absolute Gasteiger partial charge is 0.321 e. The first-order valence-corrected chi connectivity index (χ1v) is 8.64. The SMILES string of the molecule is CCNC(=O)NC(=O)[C@@H](C)N1CCN(c2cc(Cl)ccc2C)CC1. The van der Waals surface area contributed by atoms with E-state index in [1.165, 1.54) is 5.56 Å². The molecule has 1 aromatic rings. The highest BCUT2D eigenvalue weighted by atomic mass is 35.5. The zero-order valence-electron chi connectivity index (χ0n) is 14.4. The Morgan fingerprint density at radius 2 is 1.92 bits per heavy atom. The molecule has 24 heavy (non-hydrogen) atoms. The van der Waals surface area contributed by atoms with Crippen molar-refractivity contribution in [3.05, 3.63) is 28.8 Å². The van der Waals surface area contributed by atoms with Gasteiger partial charge in [-0.25, -0.2) is 4.79 Å². The maximum atomic E-state index is 12.1. The third-order valence-electron chi connectivity index (χ3n) is 4.33. The molecule has 2 N–H and O–H groups in total. The van der Waals surface area contributed by atoms with Gasteiger partial charge in [0.25, 0.3) is 0 Å². The minimum Gasteiger partial charge on any atom is -0.369 e. The Morgan fingerprint density at radius 1 is 1.25 bits per heavy atom. The van der Waals surface area contributed by atoms with Gasteiger partial charge in [0.1, 0.15) is 0 Å². The Bertz CT molecular complexity index is 600. The van der Waals surface area contributed by atoms with E-state index in [-0.39, 0.29) is 11.9 Å². The van der Waals surface area contributed by atoms with Gasteiger partial charge >= 0.3 is 6.03 Å². The molecule has 1 saturated heterocycles. The Morgan fingerprint density at radius 3 is 2.54 bits per heavy atom. The summed E-state index contributed by atoms with van der Waals surface area (Å²) in [7, 11) is 0. The van der Waals surface area contributed by atoms with Gasteiger partial charge in [0.15, 0.2) is 0 Å². The highest BCUT2D eigenvalue weighted by Gasteiger charge is 2.27. The fraction of sp³-hybridized carbons (Fsp3) is 0.529. The molecule has 1 heterocycles.